The first-order valence-corrected chi connectivity index (χ1v) is 10.2. The Kier molecular flexibility index (Phi) is 5.21. The maximum Gasteiger partial charge on any atom is 0.452 e. The Labute approximate surface area is 147 Å². The van der Waals surface area contributed by atoms with Gasteiger partial charge in [-0.05, 0) is 25.0 Å². The minimum atomic E-state index is -4.63. The summed E-state index contributed by atoms with van der Waals surface area (Å²) in [5.41, 5.74) is -0.0340. The summed E-state index contributed by atoms with van der Waals surface area (Å²) in [6.45, 7) is 0. The molecule has 1 N–H and O–H groups in total. The van der Waals surface area contributed by atoms with Crippen molar-refractivity contribution in [2.45, 2.75) is 55.0 Å². The van der Waals surface area contributed by atoms with Crippen LogP contribution in [0.5, 0.6) is 0 Å². The zero-order valence-electron chi connectivity index (χ0n) is 13.2. The van der Waals surface area contributed by atoms with Gasteiger partial charge in [-0.25, -0.2) is 13.1 Å². The third-order valence-electron chi connectivity index (χ3n) is 4.07. The molecule has 1 saturated carbocycles. The Morgan fingerprint density at radius 2 is 1.84 bits per heavy atom. The van der Waals surface area contributed by atoms with Crippen LogP contribution < -0.4 is 4.72 Å². The zero-order chi connectivity index (χ0) is 18.1. The highest BCUT2D eigenvalue weighted by Crippen LogP contribution is 2.35. The number of rotatable bonds is 4. The van der Waals surface area contributed by atoms with E-state index in [9.17, 15) is 21.6 Å². The number of aromatic nitrogens is 1. The first-order chi connectivity index (χ1) is 11.8. The molecule has 3 rings (SSSR count). The number of alkyl halides is 3. The fourth-order valence-corrected chi connectivity index (χ4v) is 5.38. The van der Waals surface area contributed by atoms with Crippen LogP contribution in [0.2, 0.25) is 0 Å². The Bertz CT molecular complexity index is 819. The van der Waals surface area contributed by atoms with Crippen molar-refractivity contribution in [3.63, 3.8) is 0 Å². The molecule has 1 aliphatic rings. The number of halogens is 3. The van der Waals surface area contributed by atoms with Gasteiger partial charge in [-0.1, -0.05) is 30.8 Å². The molecule has 5 nitrogen and oxygen atoms in total. The molecule has 25 heavy (non-hydrogen) atoms. The van der Waals surface area contributed by atoms with Crippen LogP contribution in [-0.2, 0) is 16.2 Å². The molecule has 2 heterocycles. The van der Waals surface area contributed by atoms with Crippen LogP contribution >= 0.6 is 11.3 Å². The number of hydrogen-bond donors (Lipinski definition) is 1. The van der Waals surface area contributed by atoms with E-state index in [0.717, 1.165) is 55.9 Å². The van der Waals surface area contributed by atoms with Crippen molar-refractivity contribution in [1.29, 1.82) is 0 Å². The Hall–Kier alpha value is -1.39. The quantitative estimate of drug-likeness (QED) is 0.779. The van der Waals surface area contributed by atoms with Gasteiger partial charge in [-0.15, -0.1) is 11.3 Å². The first kappa shape index (κ1) is 18.4. The van der Waals surface area contributed by atoms with Crippen LogP contribution in [0, 0.1) is 0 Å². The molecule has 0 radical (unpaired) electrons. The van der Waals surface area contributed by atoms with Crippen molar-refractivity contribution in [1.82, 2.24) is 9.88 Å². The lowest BCUT2D eigenvalue weighted by molar-refractivity contribution is -0.155. The Morgan fingerprint density at radius 1 is 1.16 bits per heavy atom. The molecule has 1 aliphatic carbocycles. The van der Waals surface area contributed by atoms with Crippen LogP contribution in [0.3, 0.4) is 0 Å². The van der Waals surface area contributed by atoms with E-state index in [1.54, 1.807) is 0 Å². The average molecular weight is 394 g/mol. The summed E-state index contributed by atoms with van der Waals surface area (Å²) in [5.74, 6) is -1.21. The van der Waals surface area contributed by atoms with E-state index in [-0.39, 0.29) is 15.9 Å². The molecular formula is C15H17F3N2O3S2. The highest BCUT2D eigenvalue weighted by Gasteiger charge is 2.36. The van der Waals surface area contributed by atoms with Crippen LogP contribution in [0.1, 0.15) is 44.3 Å². The summed E-state index contributed by atoms with van der Waals surface area (Å²) < 4.78 is 69.7. The minimum Gasteiger partial charge on any atom is -0.351 e. The number of thiophene rings is 1. The second-order valence-corrected chi connectivity index (χ2v) is 9.03. The molecule has 138 valence electrons. The predicted octanol–water partition coefficient (Wildman–Crippen LogP) is 4.42. The fourth-order valence-electron chi connectivity index (χ4n) is 2.80. The van der Waals surface area contributed by atoms with E-state index in [4.69, 9.17) is 0 Å². The Morgan fingerprint density at radius 3 is 2.44 bits per heavy atom. The van der Waals surface area contributed by atoms with Crippen molar-refractivity contribution in [3.8, 4) is 10.6 Å². The highest BCUT2D eigenvalue weighted by molar-refractivity contribution is 7.91. The molecule has 1 fully saturated rings. The van der Waals surface area contributed by atoms with Crippen LogP contribution in [0.25, 0.3) is 10.6 Å². The minimum absolute atomic E-state index is 0.0340. The molecule has 0 aliphatic heterocycles. The number of nitrogens with one attached hydrogen (secondary N) is 1. The lowest BCUT2D eigenvalue weighted by atomic mass is 10.1. The topological polar surface area (TPSA) is 72.2 Å². The molecule has 0 bridgehead atoms. The summed E-state index contributed by atoms with van der Waals surface area (Å²) in [4.78, 5) is 0.306. The van der Waals surface area contributed by atoms with Gasteiger partial charge in [0.2, 0.25) is 15.8 Å². The summed E-state index contributed by atoms with van der Waals surface area (Å²) in [5, 5.41) is 3.38. The van der Waals surface area contributed by atoms with Crippen LogP contribution in [0.15, 0.2) is 26.9 Å². The molecule has 0 spiro atoms. The van der Waals surface area contributed by atoms with Gasteiger partial charge in [0.25, 0.3) is 0 Å². The summed E-state index contributed by atoms with van der Waals surface area (Å²) >= 11 is 0.870. The van der Waals surface area contributed by atoms with Crippen molar-refractivity contribution in [2.24, 2.45) is 0 Å². The van der Waals surface area contributed by atoms with E-state index in [2.05, 4.69) is 14.4 Å². The lowest BCUT2D eigenvalue weighted by Crippen LogP contribution is -2.33. The Balaban J connectivity index is 1.76. The second-order valence-electron chi connectivity index (χ2n) is 6.00. The number of hydrogen-bond acceptors (Lipinski definition) is 5. The molecule has 0 aromatic carbocycles. The maximum atomic E-state index is 12.6. The van der Waals surface area contributed by atoms with Gasteiger partial charge in [-0.2, -0.15) is 13.2 Å². The van der Waals surface area contributed by atoms with Crippen molar-refractivity contribution >= 4 is 21.4 Å². The van der Waals surface area contributed by atoms with Crippen molar-refractivity contribution < 1.29 is 26.1 Å². The average Bonchev–Trinajstić information content (AvgIpc) is 3.13. The van der Waals surface area contributed by atoms with E-state index in [1.807, 2.05) is 0 Å². The van der Waals surface area contributed by atoms with Gasteiger partial charge in [0.05, 0.1) is 4.88 Å². The predicted molar refractivity (Wildman–Crippen MR) is 86.6 cm³/mol. The number of sulfonamides is 1. The van der Waals surface area contributed by atoms with Gasteiger partial charge in [0.15, 0.2) is 0 Å². The fraction of sp³-hybridized carbons (Fsp3) is 0.533. The van der Waals surface area contributed by atoms with E-state index in [1.165, 1.54) is 12.1 Å². The third-order valence-corrected chi connectivity index (χ3v) is 7.19. The van der Waals surface area contributed by atoms with E-state index < -0.39 is 22.0 Å². The molecule has 2 aromatic rings. The van der Waals surface area contributed by atoms with Crippen LogP contribution in [-0.4, -0.2) is 19.6 Å². The monoisotopic (exact) mass is 394 g/mol. The van der Waals surface area contributed by atoms with E-state index in [0.29, 0.717) is 4.88 Å². The van der Waals surface area contributed by atoms with Crippen LogP contribution in [0.4, 0.5) is 13.2 Å². The number of nitrogens with zero attached hydrogens (tertiary/aromatic N) is 1. The first-order valence-electron chi connectivity index (χ1n) is 7.92. The second kappa shape index (κ2) is 7.08. The van der Waals surface area contributed by atoms with Gasteiger partial charge >= 0.3 is 6.18 Å². The molecule has 10 heteroatoms. The van der Waals surface area contributed by atoms with Gasteiger partial charge < -0.3 is 4.52 Å². The smallest absolute Gasteiger partial charge is 0.351 e. The highest BCUT2D eigenvalue weighted by atomic mass is 32.2. The SMILES string of the molecule is O=S(=O)(NC1CCCCCC1)c1ccc(-c2cc(C(F)(F)F)on2)s1. The van der Waals surface area contributed by atoms with Gasteiger partial charge in [-0.3, -0.25) is 0 Å². The summed E-state index contributed by atoms with van der Waals surface area (Å²) in [7, 11) is -3.70. The van der Waals surface area contributed by atoms with Crippen molar-refractivity contribution in [2.75, 3.05) is 0 Å². The maximum absolute atomic E-state index is 12.6. The normalized spacial score (nSPS) is 17.6. The lowest BCUT2D eigenvalue weighted by Gasteiger charge is -2.15. The van der Waals surface area contributed by atoms with Gasteiger partial charge in [0, 0.05) is 12.1 Å². The standard InChI is InChI=1S/C15H17F3N2O3S2/c16-15(17,18)13-9-11(19-23-13)12-7-8-14(24-12)25(21,22)20-10-5-3-1-2-4-6-10/h7-10,20H,1-6H2. The third kappa shape index (κ3) is 4.42. The summed E-state index contributed by atoms with van der Waals surface area (Å²) in [6.07, 6.45) is 1.16. The van der Waals surface area contributed by atoms with Gasteiger partial charge in [0.1, 0.15) is 9.90 Å². The summed E-state index contributed by atoms with van der Waals surface area (Å²) in [6, 6.07) is 3.48. The largest absolute Gasteiger partial charge is 0.452 e. The van der Waals surface area contributed by atoms with Crippen molar-refractivity contribution in [3.05, 3.63) is 24.0 Å². The zero-order valence-corrected chi connectivity index (χ0v) is 14.8. The molecule has 0 atom stereocenters. The molecule has 0 amide bonds. The molecule has 2 aromatic heterocycles. The molecule has 0 unspecified atom stereocenters. The van der Waals surface area contributed by atoms with E-state index >= 15 is 0 Å². The molecule has 0 saturated heterocycles. The molecular weight excluding hydrogens is 377 g/mol.